The van der Waals surface area contributed by atoms with Gasteiger partial charge in [0.1, 0.15) is 6.04 Å². The molecule has 0 spiro atoms. The van der Waals surface area contributed by atoms with Crippen LogP contribution in [0.1, 0.15) is 11.6 Å². The zero-order valence-corrected chi connectivity index (χ0v) is 15.6. The standard InChI is InChI=1S/C18H18F2N4O5/c1-21-6-7-29-16(25)14-13(9-28-3)23-18(27)24(17(26)22-2)15(14)10-4-5-11(19)12(20)8-10/h4-5,8,15H,6-7,9H2,2-3H3,(H,22,26)(H,23,27). The van der Waals surface area contributed by atoms with Gasteiger partial charge in [0.05, 0.1) is 17.9 Å². The van der Waals surface area contributed by atoms with E-state index in [0.717, 1.165) is 18.2 Å². The monoisotopic (exact) mass is 408 g/mol. The maximum absolute atomic E-state index is 13.9. The molecule has 0 fully saturated rings. The van der Waals surface area contributed by atoms with Crippen LogP contribution in [0.15, 0.2) is 29.5 Å². The lowest BCUT2D eigenvalue weighted by molar-refractivity contribution is -0.139. The molecule has 9 nitrogen and oxygen atoms in total. The van der Waals surface area contributed by atoms with Crippen LogP contribution in [-0.2, 0) is 14.3 Å². The number of benzene rings is 1. The lowest BCUT2D eigenvalue weighted by Gasteiger charge is -2.36. The van der Waals surface area contributed by atoms with Crippen molar-refractivity contribution in [2.24, 2.45) is 0 Å². The summed E-state index contributed by atoms with van der Waals surface area (Å²) in [5.74, 6) is -3.30. The number of ether oxygens (including phenoxy) is 2. The van der Waals surface area contributed by atoms with Gasteiger partial charge in [0.15, 0.2) is 18.2 Å². The highest BCUT2D eigenvalue weighted by atomic mass is 19.2. The first-order valence-corrected chi connectivity index (χ1v) is 8.34. The first-order valence-electron chi connectivity index (χ1n) is 8.34. The summed E-state index contributed by atoms with van der Waals surface area (Å²) in [6.07, 6.45) is 0. The van der Waals surface area contributed by atoms with Crippen LogP contribution in [0, 0.1) is 18.2 Å². The normalized spacial score (nSPS) is 16.2. The summed E-state index contributed by atoms with van der Waals surface area (Å²) in [6.45, 7) is 6.21. The van der Waals surface area contributed by atoms with E-state index < -0.39 is 35.7 Å². The summed E-state index contributed by atoms with van der Waals surface area (Å²) in [5, 5.41) is 4.64. The molecule has 1 aromatic rings. The van der Waals surface area contributed by atoms with Gasteiger partial charge in [0.25, 0.3) is 0 Å². The molecule has 1 unspecified atom stereocenters. The fourth-order valence-electron chi connectivity index (χ4n) is 2.75. The summed E-state index contributed by atoms with van der Waals surface area (Å²) in [4.78, 5) is 41.4. The average Bonchev–Trinajstić information content (AvgIpc) is 2.69. The number of methoxy groups -OCH3 is 1. The van der Waals surface area contributed by atoms with E-state index in [2.05, 4.69) is 15.5 Å². The van der Waals surface area contributed by atoms with Crippen molar-refractivity contribution in [3.63, 3.8) is 0 Å². The van der Waals surface area contributed by atoms with Crippen molar-refractivity contribution in [1.82, 2.24) is 15.5 Å². The van der Waals surface area contributed by atoms with Crippen molar-refractivity contribution in [2.45, 2.75) is 6.04 Å². The van der Waals surface area contributed by atoms with Gasteiger partial charge < -0.3 is 25.0 Å². The Labute approximate surface area is 165 Å². The molecule has 4 amide bonds. The first-order chi connectivity index (χ1) is 13.8. The van der Waals surface area contributed by atoms with Gasteiger partial charge in [-0.1, -0.05) is 6.07 Å². The lowest BCUT2D eigenvalue weighted by atomic mass is 9.93. The van der Waals surface area contributed by atoms with Crippen LogP contribution in [0.25, 0.3) is 4.85 Å². The third-order valence-corrected chi connectivity index (χ3v) is 3.97. The number of carbonyl (C=O) groups excluding carboxylic acids is 3. The van der Waals surface area contributed by atoms with Crippen molar-refractivity contribution in [3.8, 4) is 0 Å². The molecule has 0 aliphatic carbocycles. The number of carbonyl (C=O) groups is 3. The molecule has 154 valence electrons. The molecule has 1 aliphatic heterocycles. The molecule has 29 heavy (non-hydrogen) atoms. The van der Waals surface area contributed by atoms with E-state index in [9.17, 15) is 23.2 Å². The van der Waals surface area contributed by atoms with Gasteiger partial charge in [0.2, 0.25) is 6.54 Å². The molecular formula is C18H18F2N4O5. The summed E-state index contributed by atoms with van der Waals surface area (Å²) in [5.41, 5.74) is -0.237. The Morgan fingerprint density at radius 2 is 2.07 bits per heavy atom. The molecule has 0 radical (unpaired) electrons. The maximum atomic E-state index is 13.9. The van der Waals surface area contributed by atoms with Gasteiger partial charge in [-0.05, 0) is 17.7 Å². The Bertz CT molecular complexity index is 897. The number of nitrogens with zero attached hydrogens (tertiary/aromatic N) is 2. The van der Waals surface area contributed by atoms with Crippen LogP contribution in [-0.4, -0.2) is 56.8 Å². The van der Waals surface area contributed by atoms with Crippen molar-refractivity contribution >= 4 is 18.0 Å². The Morgan fingerprint density at radius 3 is 2.66 bits per heavy atom. The van der Waals surface area contributed by atoms with E-state index in [0.29, 0.717) is 4.90 Å². The van der Waals surface area contributed by atoms with E-state index in [1.165, 1.54) is 14.2 Å². The smallest absolute Gasteiger partial charge is 0.338 e. The number of amides is 4. The minimum absolute atomic E-state index is 0.000184. The Kier molecular flexibility index (Phi) is 7.21. The van der Waals surface area contributed by atoms with Crippen molar-refractivity contribution < 1.29 is 32.6 Å². The minimum Gasteiger partial charge on any atom is -0.454 e. The van der Waals surface area contributed by atoms with Gasteiger partial charge in [-0.15, -0.1) is 0 Å². The fraction of sp³-hybridized carbons (Fsp3) is 0.333. The number of rotatable bonds is 6. The molecule has 2 N–H and O–H groups in total. The summed E-state index contributed by atoms with van der Waals surface area (Å²) in [6, 6.07) is -0.454. The van der Waals surface area contributed by atoms with E-state index >= 15 is 0 Å². The van der Waals surface area contributed by atoms with Crippen LogP contribution in [0.2, 0.25) is 0 Å². The molecule has 1 atom stereocenters. The molecule has 0 saturated heterocycles. The SMILES string of the molecule is [C-]#[N+]CCOC(=O)C1=C(COC)NC(=O)N(C(=O)NC)C1c1ccc(F)c(F)c1. The number of nitrogens with one attached hydrogen (secondary N) is 2. The van der Waals surface area contributed by atoms with Gasteiger partial charge in [0, 0.05) is 14.2 Å². The first kappa shape index (κ1) is 21.8. The maximum Gasteiger partial charge on any atom is 0.338 e. The molecular weight excluding hydrogens is 390 g/mol. The molecule has 11 heteroatoms. The molecule has 1 aliphatic rings. The minimum atomic E-state index is -1.41. The summed E-state index contributed by atoms with van der Waals surface area (Å²) >= 11 is 0. The zero-order chi connectivity index (χ0) is 21.6. The Balaban J connectivity index is 2.66. The molecule has 2 rings (SSSR count). The molecule has 0 aromatic heterocycles. The van der Waals surface area contributed by atoms with Crippen LogP contribution >= 0.6 is 0 Å². The second-order valence-electron chi connectivity index (χ2n) is 5.77. The van der Waals surface area contributed by atoms with E-state index in [1.807, 2.05) is 0 Å². The number of urea groups is 2. The van der Waals surface area contributed by atoms with Crippen LogP contribution in [0.5, 0.6) is 0 Å². The largest absolute Gasteiger partial charge is 0.454 e. The highest BCUT2D eigenvalue weighted by Gasteiger charge is 2.43. The third-order valence-electron chi connectivity index (χ3n) is 3.97. The Morgan fingerprint density at radius 1 is 1.34 bits per heavy atom. The highest BCUT2D eigenvalue weighted by molar-refractivity contribution is 6.01. The third kappa shape index (κ3) is 4.67. The predicted molar refractivity (Wildman–Crippen MR) is 95.3 cm³/mol. The molecule has 1 heterocycles. The van der Waals surface area contributed by atoms with Gasteiger partial charge in [-0.3, -0.25) is 0 Å². The van der Waals surface area contributed by atoms with Crippen molar-refractivity contribution in [3.05, 3.63) is 58.1 Å². The lowest BCUT2D eigenvalue weighted by Crippen LogP contribution is -2.54. The van der Waals surface area contributed by atoms with Crippen LogP contribution in [0.4, 0.5) is 18.4 Å². The fourth-order valence-corrected chi connectivity index (χ4v) is 2.75. The van der Waals surface area contributed by atoms with Crippen molar-refractivity contribution in [1.29, 1.82) is 0 Å². The zero-order valence-electron chi connectivity index (χ0n) is 15.6. The molecule has 0 saturated carbocycles. The number of halogens is 2. The Hall–Kier alpha value is -3.52. The van der Waals surface area contributed by atoms with E-state index in [1.54, 1.807) is 0 Å². The number of imide groups is 1. The van der Waals surface area contributed by atoms with Crippen molar-refractivity contribution in [2.75, 3.05) is 33.9 Å². The topological polar surface area (TPSA) is 101 Å². The average molecular weight is 408 g/mol. The number of hydrogen-bond acceptors (Lipinski definition) is 5. The van der Waals surface area contributed by atoms with E-state index in [-0.39, 0.29) is 36.6 Å². The predicted octanol–water partition coefficient (Wildman–Crippen LogP) is 1.73. The van der Waals surface area contributed by atoms with Crippen LogP contribution in [0.3, 0.4) is 0 Å². The van der Waals surface area contributed by atoms with Gasteiger partial charge in [-0.25, -0.2) is 34.6 Å². The number of esters is 1. The second-order valence-corrected chi connectivity index (χ2v) is 5.77. The summed E-state index contributed by atoms with van der Waals surface area (Å²) < 4.78 is 37.4. The van der Waals surface area contributed by atoms with Crippen LogP contribution < -0.4 is 10.6 Å². The molecule has 1 aromatic carbocycles. The summed E-state index contributed by atoms with van der Waals surface area (Å²) in [7, 11) is 2.58. The highest BCUT2D eigenvalue weighted by Crippen LogP contribution is 2.35. The number of hydrogen-bond donors (Lipinski definition) is 2. The quantitative estimate of drug-likeness (QED) is 0.424. The van der Waals surface area contributed by atoms with Gasteiger partial charge in [-0.2, -0.15) is 0 Å². The molecule has 0 bridgehead atoms. The van der Waals surface area contributed by atoms with Gasteiger partial charge >= 0.3 is 18.0 Å². The van der Waals surface area contributed by atoms with E-state index in [4.69, 9.17) is 16.0 Å². The second kappa shape index (κ2) is 9.61.